The zero-order valence-corrected chi connectivity index (χ0v) is 12.6. The topological polar surface area (TPSA) is 3.24 Å². The largest absolute Gasteiger partial charge is 0.303 e. The molecule has 1 unspecified atom stereocenters. The Bertz CT molecular complexity index is 238. The molecule has 0 aromatic heterocycles. The molecule has 0 aliphatic rings. The zero-order valence-electron chi connectivity index (χ0n) is 12.6. The van der Waals surface area contributed by atoms with Crippen molar-refractivity contribution in [2.24, 2.45) is 0 Å². The second-order valence-corrected chi connectivity index (χ2v) is 5.27. The van der Waals surface area contributed by atoms with E-state index in [0.29, 0.717) is 6.04 Å². The van der Waals surface area contributed by atoms with Gasteiger partial charge in [-0.3, -0.25) is 0 Å². The normalized spacial score (nSPS) is 14.1. The summed E-state index contributed by atoms with van der Waals surface area (Å²) in [6, 6.07) is 0.524. The molecular weight excluding hydrogens is 206 g/mol. The molecule has 17 heavy (non-hydrogen) atoms. The fourth-order valence-electron chi connectivity index (χ4n) is 2.28. The van der Waals surface area contributed by atoms with Crippen LogP contribution in [0.2, 0.25) is 0 Å². The predicted molar refractivity (Wildman–Crippen MR) is 79.4 cm³/mol. The number of likely N-dealkylation sites (N-methyl/N-ethyl adjacent to an activating group) is 1. The van der Waals surface area contributed by atoms with Gasteiger partial charge in [0.05, 0.1) is 0 Å². The van der Waals surface area contributed by atoms with Gasteiger partial charge in [0.25, 0.3) is 0 Å². The number of nitrogens with zero attached hydrogens (tertiary/aromatic N) is 1. The van der Waals surface area contributed by atoms with Gasteiger partial charge in [-0.2, -0.15) is 0 Å². The Labute approximate surface area is 109 Å². The molecule has 100 valence electrons. The number of hydrogen-bond acceptors (Lipinski definition) is 1. The minimum absolute atomic E-state index is 0.524. The van der Waals surface area contributed by atoms with Gasteiger partial charge in [-0.1, -0.05) is 43.6 Å². The quantitative estimate of drug-likeness (QED) is 0.411. The average molecular weight is 237 g/mol. The monoisotopic (exact) mass is 237 g/mol. The first kappa shape index (κ1) is 16.4. The van der Waals surface area contributed by atoms with Gasteiger partial charge < -0.3 is 4.90 Å². The molecular formula is C16H31N. The highest BCUT2D eigenvalue weighted by Gasteiger charge is 2.12. The highest BCUT2D eigenvalue weighted by atomic mass is 15.1. The summed E-state index contributed by atoms with van der Waals surface area (Å²) in [6.07, 6.45) is 10.0. The summed E-state index contributed by atoms with van der Waals surface area (Å²) in [7, 11) is 4.29. The van der Waals surface area contributed by atoms with E-state index < -0.39 is 0 Å². The van der Waals surface area contributed by atoms with Crippen LogP contribution in [0.4, 0.5) is 0 Å². The Kier molecular flexibility index (Phi) is 9.16. The van der Waals surface area contributed by atoms with Crippen molar-refractivity contribution < 1.29 is 0 Å². The first-order chi connectivity index (χ1) is 8.02. The highest BCUT2D eigenvalue weighted by molar-refractivity contribution is 5.06. The van der Waals surface area contributed by atoms with Crippen LogP contribution in [0.5, 0.6) is 0 Å². The predicted octanol–water partition coefficient (Wildman–Crippen LogP) is 4.80. The lowest BCUT2D eigenvalue weighted by molar-refractivity contribution is 0.314. The molecule has 0 saturated carbocycles. The second kappa shape index (κ2) is 9.47. The molecule has 0 saturated heterocycles. The Hall–Kier alpha value is -0.560. The van der Waals surface area contributed by atoms with Gasteiger partial charge in [0.1, 0.15) is 0 Å². The van der Waals surface area contributed by atoms with E-state index in [2.05, 4.69) is 52.4 Å². The van der Waals surface area contributed by atoms with Gasteiger partial charge in [0.15, 0.2) is 0 Å². The number of unbranched alkanes of at least 4 members (excludes halogenated alkanes) is 2. The molecule has 0 bridgehead atoms. The van der Waals surface area contributed by atoms with E-state index in [0.717, 1.165) is 0 Å². The highest BCUT2D eigenvalue weighted by Crippen LogP contribution is 2.19. The number of hydrogen-bond donors (Lipinski definition) is 0. The molecule has 0 heterocycles. The van der Waals surface area contributed by atoms with Crippen LogP contribution in [-0.4, -0.2) is 25.0 Å². The van der Waals surface area contributed by atoms with Crippen LogP contribution in [0.15, 0.2) is 23.8 Å². The van der Waals surface area contributed by atoms with E-state index in [4.69, 9.17) is 0 Å². The van der Waals surface area contributed by atoms with Crippen LogP contribution >= 0.6 is 0 Å². The molecule has 0 fully saturated rings. The Morgan fingerprint density at radius 3 is 2.29 bits per heavy atom. The molecule has 0 N–H and O–H groups in total. The van der Waals surface area contributed by atoms with Crippen LogP contribution in [0.25, 0.3) is 0 Å². The summed E-state index contributed by atoms with van der Waals surface area (Å²) in [6.45, 7) is 10.7. The van der Waals surface area contributed by atoms with E-state index in [9.17, 15) is 0 Å². The number of rotatable bonds is 9. The maximum atomic E-state index is 4.09. The average Bonchev–Trinajstić information content (AvgIpc) is 2.26. The second-order valence-electron chi connectivity index (χ2n) is 5.27. The molecule has 1 atom stereocenters. The molecule has 0 aromatic rings. The molecule has 0 aliphatic carbocycles. The van der Waals surface area contributed by atoms with Gasteiger partial charge in [0.2, 0.25) is 0 Å². The molecule has 0 rings (SSSR count). The van der Waals surface area contributed by atoms with Crippen molar-refractivity contribution in [1.82, 2.24) is 4.90 Å². The summed E-state index contributed by atoms with van der Waals surface area (Å²) in [5, 5.41) is 0. The zero-order chi connectivity index (χ0) is 13.3. The lowest BCUT2D eigenvalue weighted by Crippen LogP contribution is -2.28. The van der Waals surface area contributed by atoms with E-state index in [1.54, 1.807) is 5.57 Å². The van der Waals surface area contributed by atoms with Gasteiger partial charge in [-0.25, -0.2) is 0 Å². The number of allylic oxidation sites excluding steroid dienone is 2. The standard InChI is InChI=1S/C16H31N/c1-7-9-10-11-15(8-2)12-13-16(14(3)4)17(5)6/h8,16H,3,7,9-13H2,1-2,4-6H3/b15-8-. The van der Waals surface area contributed by atoms with Gasteiger partial charge >= 0.3 is 0 Å². The van der Waals surface area contributed by atoms with E-state index in [-0.39, 0.29) is 0 Å². The molecule has 0 spiro atoms. The summed E-state index contributed by atoms with van der Waals surface area (Å²) in [4.78, 5) is 2.28. The third-order valence-electron chi connectivity index (χ3n) is 3.44. The molecule has 1 nitrogen and oxygen atoms in total. The van der Waals surface area contributed by atoms with Crippen molar-refractivity contribution in [3.05, 3.63) is 23.8 Å². The SMILES string of the molecule is C=C(C)C(CC/C(=C\C)CCCCC)N(C)C. The minimum atomic E-state index is 0.524. The van der Waals surface area contributed by atoms with Crippen molar-refractivity contribution in [2.75, 3.05) is 14.1 Å². The summed E-state index contributed by atoms with van der Waals surface area (Å²) < 4.78 is 0. The molecule has 1 heteroatoms. The first-order valence-electron chi connectivity index (χ1n) is 6.98. The lowest BCUT2D eigenvalue weighted by Gasteiger charge is -2.25. The summed E-state index contributed by atoms with van der Waals surface area (Å²) in [5.74, 6) is 0. The summed E-state index contributed by atoms with van der Waals surface area (Å²) in [5.41, 5.74) is 2.89. The molecule has 0 radical (unpaired) electrons. The Morgan fingerprint density at radius 1 is 1.24 bits per heavy atom. The van der Waals surface area contributed by atoms with Crippen LogP contribution in [0, 0.1) is 0 Å². The van der Waals surface area contributed by atoms with Crippen molar-refractivity contribution in [3.8, 4) is 0 Å². The van der Waals surface area contributed by atoms with E-state index in [1.165, 1.54) is 44.1 Å². The fraction of sp³-hybridized carbons (Fsp3) is 0.750. The molecule has 0 aliphatic heterocycles. The van der Waals surface area contributed by atoms with Gasteiger partial charge in [-0.15, -0.1) is 0 Å². The smallest absolute Gasteiger partial charge is 0.0299 e. The van der Waals surface area contributed by atoms with E-state index in [1.807, 2.05) is 0 Å². The Balaban J connectivity index is 4.08. The molecule has 0 aromatic carbocycles. The van der Waals surface area contributed by atoms with Crippen LogP contribution < -0.4 is 0 Å². The van der Waals surface area contributed by atoms with Crippen LogP contribution in [-0.2, 0) is 0 Å². The lowest BCUT2D eigenvalue weighted by atomic mass is 9.97. The third-order valence-corrected chi connectivity index (χ3v) is 3.44. The van der Waals surface area contributed by atoms with Gasteiger partial charge in [-0.05, 0) is 53.6 Å². The maximum Gasteiger partial charge on any atom is 0.0299 e. The molecule has 0 amide bonds. The first-order valence-corrected chi connectivity index (χ1v) is 6.98. The van der Waals surface area contributed by atoms with Crippen molar-refractivity contribution >= 4 is 0 Å². The van der Waals surface area contributed by atoms with Gasteiger partial charge in [0, 0.05) is 6.04 Å². The summed E-state index contributed by atoms with van der Waals surface area (Å²) >= 11 is 0. The Morgan fingerprint density at radius 2 is 1.88 bits per heavy atom. The minimum Gasteiger partial charge on any atom is -0.303 e. The van der Waals surface area contributed by atoms with Crippen molar-refractivity contribution in [2.45, 2.75) is 65.3 Å². The maximum absolute atomic E-state index is 4.09. The van der Waals surface area contributed by atoms with Crippen LogP contribution in [0.3, 0.4) is 0 Å². The van der Waals surface area contributed by atoms with Crippen molar-refractivity contribution in [3.63, 3.8) is 0 Å². The van der Waals surface area contributed by atoms with Crippen molar-refractivity contribution in [1.29, 1.82) is 0 Å². The third kappa shape index (κ3) is 7.38. The van der Waals surface area contributed by atoms with E-state index >= 15 is 0 Å². The fourth-order valence-corrected chi connectivity index (χ4v) is 2.28. The van der Waals surface area contributed by atoms with Crippen LogP contribution in [0.1, 0.15) is 59.3 Å².